The number of carbonyl (C=O) groups excluding carboxylic acids is 10. The van der Waals surface area contributed by atoms with Crippen molar-refractivity contribution < 1.29 is 108 Å². The normalized spacial score (nSPS) is 26.1. The van der Waals surface area contributed by atoms with E-state index in [1.54, 1.807) is 0 Å². The third-order valence-electron chi connectivity index (χ3n) is 17.5. The zero-order valence-corrected chi connectivity index (χ0v) is 56.7. The van der Waals surface area contributed by atoms with Crippen LogP contribution < -0.4 is 38.1 Å². The van der Waals surface area contributed by atoms with E-state index < -0.39 is 201 Å². The standard InChI is InChI=1S/C64H109N11O22/c1-6-7-8-9-10-11-16-19-22-26-40-34-46(82)75(45(81)33-39(78)25-21-18-15-13-12-14-17-20-24-36(2)3)49(38(5)77)56(87)68-37(4)59(90)73-31-28-43(79)50(73)57(88)69-41(27-23-30-67-64(65)66)54(85)71-47(52(83)61(92)93)55(86)70-42(35-76)60(91)74-32-29-44(80)51(74)58(89)72-48(63(96)97-40)53(84)62(94)95/h36-44,47-53,76-80,83-84H,6-35H2,1-5H3,(H,68,87)(H,69,88)(H,70,86)(H,71,85)(H,72,89)(H,92,93)(H,94,95)(H4,65,66,67)/t37-,38-,39?,40?,41?,42?,43+,44+,47-,48+,49?,50+,51+,52-,53+/m1/s1. The number of ether oxygens (including phenoxy) is 1. The van der Waals surface area contributed by atoms with Crippen molar-refractivity contribution in [2.75, 3.05) is 26.2 Å². The molecule has 33 nitrogen and oxygen atoms in total. The lowest BCUT2D eigenvalue weighted by Crippen LogP contribution is -2.64. The number of unbranched alkanes of at least 4 members (excludes halogenated alkanes) is 15. The summed E-state index contributed by atoms with van der Waals surface area (Å²) in [5.74, 6) is -17.9. The number of rotatable bonds is 33. The fourth-order valence-corrected chi connectivity index (χ4v) is 12.1. The lowest BCUT2D eigenvalue weighted by molar-refractivity contribution is -0.167. The maximum absolute atomic E-state index is 15.1. The molecule has 0 aromatic heterocycles. The van der Waals surface area contributed by atoms with E-state index in [1.165, 1.54) is 0 Å². The molecule has 9 amide bonds. The minimum atomic E-state index is -2.86. The van der Waals surface area contributed by atoms with E-state index in [9.17, 15) is 98.7 Å². The first kappa shape index (κ1) is 84.1. The van der Waals surface area contributed by atoms with Crippen LogP contribution in [0.25, 0.3) is 0 Å². The van der Waals surface area contributed by atoms with Crippen LogP contribution in [0.1, 0.15) is 202 Å². The maximum Gasteiger partial charge on any atom is 0.335 e. The second-order valence-corrected chi connectivity index (χ2v) is 26.1. The van der Waals surface area contributed by atoms with E-state index in [2.05, 4.69) is 36.4 Å². The molecule has 5 unspecified atom stereocenters. The Hall–Kier alpha value is -7.17. The lowest BCUT2D eigenvalue weighted by atomic mass is 10.0. The lowest BCUT2D eigenvalue weighted by Gasteiger charge is -2.34. The number of fused-ring (bicyclic) bond motifs is 2. The molecule has 0 radical (unpaired) electrons. The first-order chi connectivity index (χ1) is 45.9. The molecule has 0 spiro atoms. The summed E-state index contributed by atoms with van der Waals surface area (Å²) in [4.78, 5) is 175. The highest BCUT2D eigenvalue weighted by atomic mass is 16.5. The van der Waals surface area contributed by atoms with E-state index in [1.807, 2.05) is 16.0 Å². The Bertz CT molecular complexity index is 2630. The number of cyclic esters (lactones) is 1. The summed E-state index contributed by atoms with van der Waals surface area (Å²) >= 11 is 0. The Labute approximate surface area is 566 Å². The van der Waals surface area contributed by atoms with Gasteiger partial charge in [0.05, 0.1) is 43.9 Å². The monoisotopic (exact) mass is 1380 g/mol. The van der Waals surface area contributed by atoms with Gasteiger partial charge >= 0.3 is 17.9 Å². The number of carboxylic acid groups (broad SMARTS) is 2. The Morgan fingerprint density at radius 2 is 1.07 bits per heavy atom. The van der Waals surface area contributed by atoms with Crippen molar-refractivity contribution in [2.45, 2.75) is 293 Å². The van der Waals surface area contributed by atoms with E-state index >= 15 is 4.79 Å². The van der Waals surface area contributed by atoms with Gasteiger partial charge in [-0.2, -0.15) is 0 Å². The number of amides is 9. The third-order valence-corrected chi connectivity index (χ3v) is 17.5. The van der Waals surface area contributed by atoms with Gasteiger partial charge in [-0.25, -0.2) is 14.4 Å². The number of carboxylic acids is 2. The molecule has 3 heterocycles. The quantitative estimate of drug-likeness (QED) is 0.0145. The first-order valence-corrected chi connectivity index (χ1v) is 34.3. The van der Waals surface area contributed by atoms with Gasteiger partial charge in [-0.15, -0.1) is 0 Å². The van der Waals surface area contributed by atoms with Gasteiger partial charge in [-0.1, -0.05) is 130 Å². The molecule has 15 atom stereocenters. The van der Waals surface area contributed by atoms with Crippen molar-refractivity contribution in [3.8, 4) is 0 Å². The summed E-state index contributed by atoms with van der Waals surface area (Å²) in [5, 5.41) is 108. The molecule has 33 heteroatoms. The number of carbonyl (C=O) groups is 12. The number of aliphatic hydroxyl groups is 7. The van der Waals surface area contributed by atoms with Crippen molar-refractivity contribution in [1.82, 2.24) is 41.3 Å². The number of aliphatic carboxylic acids is 2. The van der Waals surface area contributed by atoms with Gasteiger partial charge < -0.3 is 98.5 Å². The molecule has 0 bridgehead atoms. The molecule has 0 aromatic carbocycles. The van der Waals surface area contributed by atoms with Gasteiger partial charge in [-0.3, -0.25) is 53.0 Å². The van der Waals surface area contributed by atoms with Gasteiger partial charge in [0.1, 0.15) is 48.4 Å². The number of imide groups is 1. The van der Waals surface area contributed by atoms with Crippen LogP contribution in [-0.2, 0) is 62.3 Å². The van der Waals surface area contributed by atoms with E-state index in [0.717, 1.165) is 102 Å². The number of guanidine groups is 1. The van der Waals surface area contributed by atoms with Crippen LogP contribution in [0.5, 0.6) is 0 Å². The highest BCUT2D eigenvalue weighted by Gasteiger charge is 2.49. The predicted octanol–water partition coefficient (Wildman–Crippen LogP) is -2.06. The van der Waals surface area contributed by atoms with Crippen molar-refractivity contribution in [3.05, 3.63) is 0 Å². The van der Waals surface area contributed by atoms with Crippen molar-refractivity contribution in [1.29, 1.82) is 0 Å². The minimum Gasteiger partial charge on any atom is -0.479 e. The third kappa shape index (κ3) is 27.6. The van der Waals surface area contributed by atoms with Crippen LogP contribution >= 0.6 is 0 Å². The number of nitrogens with two attached hydrogens (primary N) is 2. The second kappa shape index (κ2) is 43.3. The molecule has 3 fully saturated rings. The summed E-state index contributed by atoms with van der Waals surface area (Å²) in [6.45, 7) is 6.10. The Balaban J connectivity index is 2.26. The van der Waals surface area contributed by atoms with E-state index in [-0.39, 0.29) is 51.2 Å². The molecule has 3 rings (SSSR count). The topological polar surface area (TPSA) is 530 Å². The number of aliphatic imine (C=N–C) groups is 1. The number of aliphatic hydroxyl groups excluding tert-OH is 7. The molecule has 18 N–H and O–H groups in total. The van der Waals surface area contributed by atoms with Crippen molar-refractivity contribution in [2.24, 2.45) is 22.4 Å². The largest absolute Gasteiger partial charge is 0.479 e. The SMILES string of the molecule is CCCCCCCCCCCC1CC(=O)N(C(=O)CC(O)CCCCCCCCCCC(C)C)C([C@@H](C)O)C(=O)N[C@H](C)C(=O)N2CC[C@H](O)[C@H]2C(=O)NC(CCCN=C(N)N)C(=O)N[C@H]([C@@H](O)C(=O)O)C(=O)NC(CO)C(=O)N2CC[C@H](O)[C@H]2C(=O)N[C@@H]([C@H](O)C(=O)O)C(=O)O1. The number of hydrogen-bond donors (Lipinski definition) is 16. The minimum absolute atomic E-state index is 0.0631. The summed E-state index contributed by atoms with van der Waals surface area (Å²) in [7, 11) is 0. The number of esters is 1. The fraction of sp³-hybridized carbons (Fsp3) is 0.797. The zero-order valence-electron chi connectivity index (χ0n) is 56.7. The molecule has 97 heavy (non-hydrogen) atoms. The summed E-state index contributed by atoms with van der Waals surface area (Å²) < 4.78 is 5.76. The summed E-state index contributed by atoms with van der Waals surface area (Å²) in [5.41, 5.74) is 10.9. The van der Waals surface area contributed by atoms with Crippen LogP contribution in [-0.4, -0.2) is 255 Å². The second-order valence-electron chi connectivity index (χ2n) is 26.1. The molecule has 3 aliphatic heterocycles. The highest BCUT2D eigenvalue weighted by Crippen LogP contribution is 2.25. The molecular formula is C64H109N11O22. The van der Waals surface area contributed by atoms with Crippen LogP contribution in [0.4, 0.5) is 0 Å². The smallest absolute Gasteiger partial charge is 0.335 e. The van der Waals surface area contributed by atoms with Gasteiger partial charge in [0, 0.05) is 19.6 Å². The van der Waals surface area contributed by atoms with Crippen LogP contribution in [0.15, 0.2) is 4.99 Å². The maximum atomic E-state index is 15.1. The van der Waals surface area contributed by atoms with E-state index in [4.69, 9.17) is 16.2 Å². The van der Waals surface area contributed by atoms with Crippen LogP contribution in [0.3, 0.4) is 0 Å². The molecule has 0 aliphatic carbocycles. The zero-order chi connectivity index (χ0) is 72.6. The van der Waals surface area contributed by atoms with Gasteiger partial charge in [0.2, 0.25) is 53.2 Å². The van der Waals surface area contributed by atoms with E-state index in [0.29, 0.717) is 41.4 Å². The number of nitrogens with one attached hydrogen (secondary N) is 5. The summed E-state index contributed by atoms with van der Waals surface area (Å²) in [6.07, 6.45) is -2.12. The van der Waals surface area contributed by atoms with Crippen LogP contribution in [0, 0.1) is 5.92 Å². The molecular weight excluding hydrogens is 1270 g/mol. The molecule has 3 saturated heterocycles. The van der Waals surface area contributed by atoms with Gasteiger partial charge in [0.25, 0.3) is 0 Å². The number of nitrogens with zero attached hydrogens (tertiary/aromatic N) is 4. The average Bonchev–Trinajstić information content (AvgIpc) is 1.75. The Kier molecular flexibility index (Phi) is 37.5. The van der Waals surface area contributed by atoms with Crippen molar-refractivity contribution >= 4 is 77.0 Å². The van der Waals surface area contributed by atoms with Gasteiger partial charge in [-0.05, 0) is 64.7 Å². The summed E-state index contributed by atoms with van der Waals surface area (Å²) in [6, 6.07) is -17.2. The average molecular weight is 1380 g/mol. The Morgan fingerprint density at radius 1 is 0.588 bits per heavy atom. The van der Waals surface area contributed by atoms with Crippen molar-refractivity contribution in [3.63, 3.8) is 0 Å². The highest BCUT2D eigenvalue weighted by molar-refractivity contribution is 6.03. The molecule has 3 aliphatic rings. The molecule has 552 valence electrons. The van der Waals surface area contributed by atoms with Crippen LogP contribution in [0.2, 0.25) is 0 Å². The first-order valence-electron chi connectivity index (χ1n) is 34.3. The predicted molar refractivity (Wildman–Crippen MR) is 347 cm³/mol. The van der Waals surface area contributed by atoms with Gasteiger partial charge in [0.15, 0.2) is 24.2 Å². The molecule has 0 saturated carbocycles. The Morgan fingerprint density at radius 3 is 1.59 bits per heavy atom. The fourth-order valence-electron chi connectivity index (χ4n) is 12.1. The molecule has 0 aromatic rings. The number of hydrogen-bond acceptors (Lipinski definition) is 21.